The van der Waals surface area contributed by atoms with Crippen molar-refractivity contribution >= 4 is 10.9 Å². The van der Waals surface area contributed by atoms with Gasteiger partial charge in [-0.25, -0.2) is 0 Å². The molecule has 0 unspecified atom stereocenters. The summed E-state index contributed by atoms with van der Waals surface area (Å²) < 4.78 is 0. The Hall–Kier alpha value is -1.80. The highest BCUT2D eigenvalue weighted by Gasteiger charge is 2.30. The lowest BCUT2D eigenvalue weighted by Gasteiger charge is -2.37. The van der Waals surface area contributed by atoms with Crippen molar-refractivity contribution in [3.05, 3.63) is 59.3 Å². The van der Waals surface area contributed by atoms with E-state index in [1.54, 1.807) is 0 Å². The lowest BCUT2D eigenvalue weighted by atomic mass is 9.93. The number of allylic oxidation sites excluding steroid dienone is 1. The molecule has 1 N–H and O–H groups in total. The number of hydrogen-bond acceptors (Lipinski definition) is 1. The molecule has 2 aliphatic rings. The Bertz CT molecular complexity index is 690. The number of fused-ring (bicyclic) bond motifs is 5. The highest BCUT2D eigenvalue weighted by Crippen LogP contribution is 2.37. The molecule has 1 atom stereocenters. The minimum Gasteiger partial charge on any atom is -0.357 e. The molecule has 4 rings (SSSR count). The third-order valence-electron chi connectivity index (χ3n) is 4.43. The predicted molar refractivity (Wildman–Crippen MR) is 79.2 cm³/mol. The summed E-state index contributed by atoms with van der Waals surface area (Å²) in [6, 6.07) is 9.10. The molecule has 0 bridgehead atoms. The summed E-state index contributed by atoms with van der Waals surface area (Å²) in [5.74, 6) is 0. The fourth-order valence-corrected chi connectivity index (χ4v) is 3.40. The number of para-hydroxylation sites is 1. The average molecular weight is 250 g/mol. The monoisotopic (exact) mass is 250 g/mol. The molecule has 1 aromatic heterocycles. The van der Waals surface area contributed by atoms with Crippen LogP contribution < -0.4 is 0 Å². The normalized spacial score (nSPS) is 24.7. The number of H-pyrrole nitrogens is 1. The molecule has 19 heavy (non-hydrogen) atoms. The van der Waals surface area contributed by atoms with E-state index < -0.39 is 0 Å². The molecule has 2 heteroatoms. The van der Waals surface area contributed by atoms with Gasteiger partial charge in [0.1, 0.15) is 0 Å². The molecule has 2 aliphatic heterocycles. The molecule has 2 nitrogen and oxygen atoms in total. The second-order valence-electron chi connectivity index (χ2n) is 5.45. The second-order valence-corrected chi connectivity index (χ2v) is 5.45. The van der Waals surface area contributed by atoms with Gasteiger partial charge >= 0.3 is 0 Å². The molecule has 96 valence electrons. The Morgan fingerprint density at radius 1 is 1.32 bits per heavy atom. The molecule has 3 heterocycles. The first-order valence-electron chi connectivity index (χ1n) is 7.04. The van der Waals surface area contributed by atoms with E-state index in [2.05, 4.69) is 59.3 Å². The van der Waals surface area contributed by atoms with Crippen LogP contribution in [0.15, 0.2) is 48.1 Å². The van der Waals surface area contributed by atoms with E-state index in [1.165, 1.54) is 27.7 Å². The van der Waals surface area contributed by atoms with Gasteiger partial charge in [-0.15, -0.1) is 0 Å². The van der Waals surface area contributed by atoms with E-state index in [4.69, 9.17) is 0 Å². The van der Waals surface area contributed by atoms with Crippen LogP contribution in [-0.2, 0) is 6.42 Å². The summed E-state index contributed by atoms with van der Waals surface area (Å²) in [6.45, 7) is 4.35. The van der Waals surface area contributed by atoms with Gasteiger partial charge in [0.05, 0.1) is 6.04 Å². The number of aromatic nitrogens is 1. The molecule has 2 aromatic rings. The summed E-state index contributed by atoms with van der Waals surface area (Å²) in [7, 11) is 0. The van der Waals surface area contributed by atoms with Crippen LogP contribution >= 0.6 is 0 Å². The molecule has 0 saturated heterocycles. The molecular weight excluding hydrogens is 232 g/mol. The number of aromatic amines is 1. The summed E-state index contributed by atoms with van der Waals surface area (Å²) in [5.41, 5.74) is 5.62. The maximum absolute atomic E-state index is 3.64. The first-order chi connectivity index (χ1) is 9.36. The topological polar surface area (TPSA) is 19.0 Å². The van der Waals surface area contributed by atoms with Gasteiger partial charge in [-0.3, -0.25) is 4.90 Å². The molecule has 0 saturated carbocycles. The summed E-state index contributed by atoms with van der Waals surface area (Å²) in [4.78, 5) is 6.20. The summed E-state index contributed by atoms with van der Waals surface area (Å²) >= 11 is 0. The Kier molecular flexibility index (Phi) is 2.39. The number of benzene rings is 1. The maximum Gasteiger partial charge on any atom is 0.0693 e. The van der Waals surface area contributed by atoms with Gasteiger partial charge in [0.2, 0.25) is 0 Å². The van der Waals surface area contributed by atoms with E-state index in [-0.39, 0.29) is 0 Å². The molecular formula is C17H18N2. The van der Waals surface area contributed by atoms with Gasteiger partial charge in [0.15, 0.2) is 0 Å². The van der Waals surface area contributed by atoms with Crippen LogP contribution in [0.4, 0.5) is 0 Å². The molecule has 1 aromatic carbocycles. The zero-order valence-corrected chi connectivity index (χ0v) is 11.2. The van der Waals surface area contributed by atoms with Crippen LogP contribution in [0.25, 0.3) is 10.9 Å². The number of hydrogen-bond donors (Lipinski definition) is 1. The van der Waals surface area contributed by atoms with Gasteiger partial charge in [-0.1, -0.05) is 36.4 Å². The van der Waals surface area contributed by atoms with Crippen molar-refractivity contribution in [1.29, 1.82) is 0 Å². The van der Waals surface area contributed by atoms with Crippen LogP contribution in [-0.4, -0.2) is 23.0 Å². The van der Waals surface area contributed by atoms with Crippen molar-refractivity contribution in [2.45, 2.75) is 19.4 Å². The minimum atomic E-state index is 0.430. The van der Waals surface area contributed by atoms with Gasteiger partial charge < -0.3 is 4.98 Å². The molecule has 0 spiro atoms. The number of rotatable bonds is 0. The Balaban J connectivity index is 1.87. The number of nitrogens with zero attached hydrogens (tertiary/aromatic N) is 1. The first-order valence-corrected chi connectivity index (χ1v) is 7.04. The fourth-order valence-electron chi connectivity index (χ4n) is 3.40. The maximum atomic E-state index is 3.64. The second kappa shape index (κ2) is 4.10. The van der Waals surface area contributed by atoms with E-state index in [9.17, 15) is 0 Å². The van der Waals surface area contributed by atoms with Crippen molar-refractivity contribution in [2.75, 3.05) is 13.1 Å². The standard InChI is InChI=1S/C17H18N2/c1-2-12-7-8-16-17-14(9-10-19(16)11-12)13-5-3-4-6-15(13)18-17/h2-8,16,18H,9-11H2,1H3/b12-2-/t16-/m0/s1. The summed E-state index contributed by atoms with van der Waals surface area (Å²) in [6.07, 6.45) is 7.99. The molecule has 0 radical (unpaired) electrons. The quantitative estimate of drug-likeness (QED) is 0.757. The average Bonchev–Trinajstić information content (AvgIpc) is 2.85. The smallest absolute Gasteiger partial charge is 0.0693 e. The number of nitrogens with one attached hydrogen (secondary N) is 1. The largest absolute Gasteiger partial charge is 0.357 e. The van der Waals surface area contributed by atoms with Crippen LogP contribution in [0, 0.1) is 0 Å². The van der Waals surface area contributed by atoms with Crippen LogP contribution in [0.1, 0.15) is 24.2 Å². The van der Waals surface area contributed by atoms with Gasteiger partial charge in [0, 0.05) is 29.7 Å². The van der Waals surface area contributed by atoms with Gasteiger partial charge in [-0.05, 0) is 30.5 Å². The van der Waals surface area contributed by atoms with Crippen LogP contribution in [0.3, 0.4) is 0 Å². The van der Waals surface area contributed by atoms with Crippen molar-refractivity contribution < 1.29 is 0 Å². The zero-order chi connectivity index (χ0) is 12.8. The van der Waals surface area contributed by atoms with Crippen molar-refractivity contribution in [1.82, 2.24) is 9.88 Å². The SMILES string of the molecule is C/C=C1/C=C[C@H]2c3[nH]c4ccccc4c3CCN2C1. The van der Waals surface area contributed by atoms with E-state index in [0.29, 0.717) is 6.04 Å². The lowest BCUT2D eigenvalue weighted by molar-refractivity contribution is 0.230. The Morgan fingerprint density at radius 3 is 3.11 bits per heavy atom. The molecule has 0 fully saturated rings. The minimum absolute atomic E-state index is 0.430. The highest BCUT2D eigenvalue weighted by atomic mass is 15.2. The molecule has 0 amide bonds. The van der Waals surface area contributed by atoms with E-state index in [0.717, 1.165) is 19.5 Å². The fraction of sp³-hybridized carbons (Fsp3) is 0.294. The van der Waals surface area contributed by atoms with E-state index in [1.807, 2.05) is 0 Å². The Morgan fingerprint density at radius 2 is 2.21 bits per heavy atom. The zero-order valence-electron chi connectivity index (χ0n) is 11.2. The third kappa shape index (κ3) is 1.60. The van der Waals surface area contributed by atoms with Crippen LogP contribution in [0.2, 0.25) is 0 Å². The molecule has 0 aliphatic carbocycles. The van der Waals surface area contributed by atoms with E-state index >= 15 is 0 Å². The Labute approximate surface area is 113 Å². The van der Waals surface area contributed by atoms with Crippen molar-refractivity contribution in [2.24, 2.45) is 0 Å². The van der Waals surface area contributed by atoms with Gasteiger partial charge in [0.25, 0.3) is 0 Å². The van der Waals surface area contributed by atoms with Crippen molar-refractivity contribution in [3.63, 3.8) is 0 Å². The third-order valence-corrected chi connectivity index (χ3v) is 4.43. The van der Waals surface area contributed by atoms with Crippen molar-refractivity contribution in [3.8, 4) is 0 Å². The van der Waals surface area contributed by atoms with Crippen LogP contribution in [0.5, 0.6) is 0 Å². The predicted octanol–water partition coefficient (Wildman–Crippen LogP) is 3.58. The lowest BCUT2D eigenvalue weighted by Crippen LogP contribution is -2.37. The van der Waals surface area contributed by atoms with Gasteiger partial charge in [-0.2, -0.15) is 0 Å². The first kappa shape index (κ1) is 11.1. The summed E-state index contributed by atoms with van der Waals surface area (Å²) in [5, 5.41) is 1.40. The highest BCUT2D eigenvalue weighted by molar-refractivity contribution is 5.85.